The van der Waals surface area contributed by atoms with E-state index in [-0.39, 0.29) is 11.4 Å². The van der Waals surface area contributed by atoms with Crippen molar-refractivity contribution in [1.29, 1.82) is 0 Å². The van der Waals surface area contributed by atoms with Crippen molar-refractivity contribution in [2.24, 2.45) is 0 Å². The van der Waals surface area contributed by atoms with Crippen LogP contribution in [-0.2, 0) is 9.53 Å². The number of aryl methyl sites for hydroxylation is 2. The third kappa shape index (κ3) is 3.49. The van der Waals surface area contributed by atoms with E-state index in [4.69, 9.17) is 4.74 Å². The molecule has 2 aliphatic rings. The molecule has 0 unspecified atom stereocenters. The number of nitrogens with zero attached hydrogens (tertiary/aromatic N) is 1. The van der Waals surface area contributed by atoms with Gasteiger partial charge in [-0.3, -0.25) is 4.79 Å². The SMILES string of the molecule is COC(=O)c1cc(C)cc(C)c1NC(=O)C1([N+]2(C)CCCCCC2)CCC1. The highest BCUT2D eigenvalue weighted by molar-refractivity contribution is 6.05. The summed E-state index contributed by atoms with van der Waals surface area (Å²) in [6.07, 6.45) is 7.83. The summed E-state index contributed by atoms with van der Waals surface area (Å²) in [6.45, 7) is 6.00. The van der Waals surface area contributed by atoms with E-state index in [0.717, 1.165) is 48.0 Å². The van der Waals surface area contributed by atoms with Gasteiger partial charge < -0.3 is 14.5 Å². The van der Waals surface area contributed by atoms with Crippen LogP contribution in [0.4, 0.5) is 5.69 Å². The molecule has 1 aliphatic carbocycles. The molecule has 1 saturated carbocycles. The van der Waals surface area contributed by atoms with Gasteiger partial charge in [-0.05, 0) is 63.1 Å². The fourth-order valence-electron chi connectivity index (χ4n) is 4.97. The van der Waals surface area contributed by atoms with Gasteiger partial charge in [-0.1, -0.05) is 6.07 Å². The van der Waals surface area contributed by atoms with Crippen LogP contribution in [0.3, 0.4) is 0 Å². The average Bonchev–Trinajstić information content (AvgIpc) is 2.80. The van der Waals surface area contributed by atoms with Crippen molar-refractivity contribution in [3.63, 3.8) is 0 Å². The summed E-state index contributed by atoms with van der Waals surface area (Å²) >= 11 is 0. The molecule has 0 radical (unpaired) electrons. The summed E-state index contributed by atoms with van der Waals surface area (Å²) in [5, 5.41) is 3.15. The van der Waals surface area contributed by atoms with E-state index in [1.165, 1.54) is 32.8 Å². The number of likely N-dealkylation sites (N-methyl/N-ethyl adjacent to an activating group) is 1. The molecule has 5 heteroatoms. The van der Waals surface area contributed by atoms with Crippen LogP contribution in [0.5, 0.6) is 0 Å². The number of hydrogen-bond donors (Lipinski definition) is 1. The molecule has 0 aromatic heterocycles. The molecular formula is C22H33N2O3+. The fraction of sp³-hybridized carbons (Fsp3) is 0.636. The number of hydrogen-bond acceptors (Lipinski definition) is 3. The van der Waals surface area contributed by atoms with E-state index in [1.54, 1.807) is 6.07 Å². The first-order valence-corrected chi connectivity index (χ1v) is 10.2. The van der Waals surface area contributed by atoms with Gasteiger partial charge in [-0.15, -0.1) is 0 Å². The number of methoxy groups -OCH3 is 1. The minimum atomic E-state index is -0.407. The van der Waals surface area contributed by atoms with Crippen molar-refractivity contribution in [3.05, 3.63) is 28.8 Å². The van der Waals surface area contributed by atoms with Crippen molar-refractivity contribution in [2.45, 2.75) is 64.3 Å². The average molecular weight is 374 g/mol. The number of amides is 1. The molecule has 1 aromatic carbocycles. The number of ether oxygens (including phenoxy) is 1. The summed E-state index contributed by atoms with van der Waals surface area (Å²) in [6, 6.07) is 3.79. The molecule has 0 spiro atoms. The maximum absolute atomic E-state index is 13.6. The van der Waals surface area contributed by atoms with E-state index in [1.807, 2.05) is 19.9 Å². The van der Waals surface area contributed by atoms with E-state index in [2.05, 4.69) is 12.4 Å². The highest BCUT2D eigenvalue weighted by Gasteiger charge is 2.58. The smallest absolute Gasteiger partial charge is 0.339 e. The normalized spacial score (nSPS) is 20.9. The molecule has 5 nitrogen and oxygen atoms in total. The standard InChI is InChI=1S/C22H32N2O3/c1-16-14-17(2)19(18(15-16)20(25)27-4)23-21(26)22(10-9-11-22)24(3)12-7-5-6-8-13-24/h14-15H,5-13H2,1-4H3/p+1. The second-order valence-corrected chi connectivity index (χ2v) is 8.59. The van der Waals surface area contributed by atoms with Gasteiger partial charge in [0.25, 0.3) is 5.91 Å². The van der Waals surface area contributed by atoms with Crippen molar-refractivity contribution in [2.75, 3.05) is 32.6 Å². The highest BCUT2D eigenvalue weighted by atomic mass is 16.5. The Hall–Kier alpha value is -1.88. The van der Waals surface area contributed by atoms with Crippen molar-refractivity contribution >= 4 is 17.6 Å². The van der Waals surface area contributed by atoms with Crippen LogP contribution in [0.2, 0.25) is 0 Å². The van der Waals surface area contributed by atoms with Crippen LogP contribution in [0.1, 0.15) is 66.4 Å². The molecular weight excluding hydrogens is 340 g/mol. The Bertz CT molecular complexity index is 729. The molecule has 1 aromatic rings. The second kappa shape index (κ2) is 7.63. The van der Waals surface area contributed by atoms with Gasteiger partial charge >= 0.3 is 5.97 Å². The Morgan fingerprint density at radius 1 is 1.04 bits per heavy atom. The third-order valence-corrected chi connectivity index (χ3v) is 6.81. The fourth-order valence-corrected chi connectivity index (χ4v) is 4.97. The van der Waals surface area contributed by atoms with Gasteiger partial charge in [0.05, 0.1) is 38.5 Å². The predicted octanol–water partition coefficient (Wildman–Crippen LogP) is 3.97. The van der Waals surface area contributed by atoms with Crippen LogP contribution in [0.15, 0.2) is 12.1 Å². The van der Waals surface area contributed by atoms with Gasteiger partial charge in [0.2, 0.25) is 0 Å². The van der Waals surface area contributed by atoms with Crippen LogP contribution in [0.25, 0.3) is 0 Å². The lowest BCUT2D eigenvalue weighted by Crippen LogP contribution is -2.71. The lowest BCUT2D eigenvalue weighted by atomic mass is 9.72. The van der Waals surface area contributed by atoms with Crippen molar-refractivity contribution in [3.8, 4) is 0 Å². The third-order valence-electron chi connectivity index (χ3n) is 6.81. The number of nitrogens with one attached hydrogen (secondary N) is 1. The minimum absolute atomic E-state index is 0.0651. The lowest BCUT2D eigenvalue weighted by Gasteiger charge is -2.54. The molecule has 1 aliphatic heterocycles. The number of carbonyl (C=O) groups is 2. The zero-order valence-corrected chi connectivity index (χ0v) is 17.2. The predicted molar refractivity (Wildman–Crippen MR) is 107 cm³/mol. The van der Waals surface area contributed by atoms with Crippen LogP contribution < -0.4 is 5.32 Å². The maximum Gasteiger partial charge on any atom is 0.339 e. The molecule has 1 N–H and O–H groups in total. The summed E-state index contributed by atoms with van der Waals surface area (Å²) in [5.41, 5.74) is 2.56. The Labute approximate surface area is 162 Å². The Kier molecular flexibility index (Phi) is 5.61. The Morgan fingerprint density at radius 3 is 2.19 bits per heavy atom. The lowest BCUT2D eigenvalue weighted by molar-refractivity contribution is -0.954. The van der Waals surface area contributed by atoms with Crippen molar-refractivity contribution in [1.82, 2.24) is 0 Å². The second-order valence-electron chi connectivity index (χ2n) is 8.59. The number of benzene rings is 1. The van der Waals surface area contributed by atoms with Crippen LogP contribution >= 0.6 is 0 Å². The molecule has 1 amide bonds. The monoisotopic (exact) mass is 373 g/mol. The summed E-state index contributed by atoms with van der Waals surface area (Å²) in [7, 11) is 3.63. The van der Waals surface area contributed by atoms with Gasteiger partial charge in [-0.25, -0.2) is 4.79 Å². The van der Waals surface area contributed by atoms with E-state index < -0.39 is 5.97 Å². The molecule has 27 heavy (non-hydrogen) atoms. The van der Waals surface area contributed by atoms with Gasteiger partial charge in [0.1, 0.15) is 0 Å². The van der Waals surface area contributed by atoms with Gasteiger partial charge in [0, 0.05) is 12.8 Å². The number of carbonyl (C=O) groups excluding carboxylic acids is 2. The molecule has 2 fully saturated rings. The number of rotatable bonds is 4. The molecule has 1 saturated heterocycles. The Balaban J connectivity index is 1.93. The minimum Gasteiger partial charge on any atom is -0.465 e. The molecule has 1 heterocycles. The summed E-state index contributed by atoms with van der Waals surface area (Å²) in [5.74, 6) is -0.342. The van der Waals surface area contributed by atoms with Crippen LogP contribution in [-0.4, -0.2) is 49.1 Å². The molecule has 0 bridgehead atoms. The van der Waals surface area contributed by atoms with E-state index in [9.17, 15) is 9.59 Å². The zero-order valence-electron chi connectivity index (χ0n) is 17.2. The number of esters is 1. The first-order valence-electron chi connectivity index (χ1n) is 10.2. The number of quaternary nitrogens is 1. The van der Waals surface area contributed by atoms with Crippen molar-refractivity contribution < 1.29 is 18.8 Å². The largest absolute Gasteiger partial charge is 0.465 e. The topological polar surface area (TPSA) is 55.4 Å². The quantitative estimate of drug-likeness (QED) is 0.642. The highest BCUT2D eigenvalue weighted by Crippen LogP contribution is 2.44. The van der Waals surface area contributed by atoms with Crippen LogP contribution in [0, 0.1) is 13.8 Å². The van der Waals surface area contributed by atoms with E-state index >= 15 is 0 Å². The first-order chi connectivity index (χ1) is 12.8. The number of anilines is 1. The summed E-state index contributed by atoms with van der Waals surface area (Å²) in [4.78, 5) is 25.8. The van der Waals surface area contributed by atoms with Gasteiger partial charge in [0.15, 0.2) is 5.54 Å². The maximum atomic E-state index is 13.6. The molecule has 148 valence electrons. The number of likely N-dealkylation sites (tertiary alicyclic amines) is 1. The molecule has 0 atom stereocenters. The van der Waals surface area contributed by atoms with E-state index in [0.29, 0.717) is 11.3 Å². The summed E-state index contributed by atoms with van der Waals surface area (Å²) < 4.78 is 5.78. The zero-order chi connectivity index (χ0) is 19.7. The first kappa shape index (κ1) is 19.9. The van der Waals surface area contributed by atoms with Gasteiger partial charge in [-0.2, -0.15) is 0 Å². The molecule has 3 rings (SSSR count). The Morgan fingerprint density at radius 2 is 1.67 bits per heavy atom.